The molecule has 1 aromatic heterocycles. The van der Waals surface area contributed by atoms with Crippen molar-refractivity contribution < 1.29 is 27.9 Å². The number of carbonyl (C=O) groups excluding carboxylic acids is 1. The van der Waals surface area contributed by atoms with Gasteiger partial charge in [0.2, 0.25) is 0 Å². The van der Waals surface area contributed by atoms with E-state index in [9.17, 15) is 22.8 Å². The lowest BCUT2D eigenvalue weighted by molar-refractivity contribution is -0.187. The minimum absolute atomic E-state index is 0.324. The predicted octanol–water partition coefficient (Wildman–Crippen LogP) is 1.81. The lowest BCUT2D eigenvalue weighted by Gasteiger charge is -2.18. The highest BCUT2D eigenvalue weighted by molar-refractivity contribution is 5.90. The summed E-state index contributed by atoms with van der Waals surface area (Å²) in [7, 11) is 0. The zero-order valence-electron chi connectivity index (χ0n) is 10.7. The van der Waals surface area contributed by atoms with Crippen LogP contribution in [0.1, 0.15) is 0 Å². The van der Waals surface area contributed by atoms with Crippen molar-refractivity contribution in [2.75, 3.05) is 18.4 Å². The number of anilines is 1. The third-order valence-corrected chi connectivity index (χ3v) is 3.26. The van der Waals surface area contributed by atoms with E-state index in [-0.39, 0.29) is 0 Å². The summed E-state index contributed by atoms with van der Waals surface area (Å²) in [5, 5.41) is 11.2. The molecule has 0 aromatic carbocycles. The van der Waals surface area contributed by atoms with Crippen LogP contribution in [0.2, 0.25) is 0 Å². The van der Waals surface area contributed by atoms with Crippen LogP contribution in [0.5, 0.6) is 0 Å². The maximum atomic E-state index is 12.8. The van der Waals surface area contributed by atoms with E-state index >= 15 is 0 Å². The SMILES string of the molecule is O=C(O)[C@@H]1CN(C(=O)Nc2cccnc2)C[C@H]1C(F)(F)F. The third-order valence-electron chi connectivity index (χ3n) is 3.26. The molecule has 21 heavy (non-hydrogen) atoms. The highest BCUT2D eigenvalue weighted by atomic mass is 19.4. The Balaban J connectivity index is 2.08. The summed E-state index contributed by atoms with van der Waals surface area (Å²) in [6, 6.07) is 2.30. The smallest absolute Gasteiger partial charge is 0.394 e. The van der Waals surface area contributed by atoms with Crippen LogP contribution >= 0.6 is 0 Å². The molecular formula is C12H12F3N3O3. The number of halogens is 3. The van der Waals surface area contributed by atoms with Gasteiger partial charge in [-0.15, -0.1) is 0 Å². The number of alkyl halides is 3. The van der Waals surface area contributed by atoms with E-state index < -0.39 is 43.1 Å². The molecule has 0 spiro atoms. The fraction of sp³-hybridized carbons (Fsp3) is 0.417. The Bertz CT molecular complexity index is 536. The van der Waals surface area contributed by atoms with Crippen molar-refractivity contribution in [2.45, 2.75) is 6.18 Å². The van der Waals surface area contributed by atoms with Gasteiger partial charge in [-0.3, -0.25) is 9.78 Å². The minimum atomic E-state index is -4.66. The molecule has 0 unspecified atom stereocenters. The summed E-state index contributed by atoms with van der Waals surface area (Å²) in [5.41, 5.74) is 0.324. The zero-order valence-corrected chi connectivity index (χ0v) is 10.7. The first kappa shape index (κ1) is 15.1. The molecule has 0 bridgehead atoms. The fourth-order valence-electron chi connectivity index (χ4n) is 2.19. The molecular weight excluding hydrogens is 291 g/mol. The van der Waals surface area contributed by atoms with Gasteiger partial charge in [-0.2, -0.15) is 13.2 Å². The average Bonchev–Trinajstić information content (AvgIpc) is 2.85. The summed E-state index contributed by atoms with van der Waals surface area (Å²) in [6.07, 6.45) is -1.85. The lowest BCUT2D eigenvalue weighted by atomic mass is 9.96. The van der Waals surface area contributed by atoms with Crippen molar-refractivity contribution >= 4 is 17.7 Å². The number of amides is 2. The van der Waals surface area contributed by atoms with Gasteiger partial charge in [-0.1, -0.05) is 0 Å². The molecule has 1 aliphatic heterocycles. The summed E-state index contributed by atoms with van der Waals surface area (Å²) >= 11 is 0. The molecule has 2 N–H and O–H groups in total. The van der Waals surface area contributed by atoms with E-state index in [1.54, 1.807) is 6.07 Å². The van der Waals surface area contributed by atoms with E-state index in [4.69, 9.17) is 5.11 Å². The van der Waals surface area contributed by atoms with Crippen LogP contribution in [0.25, 0.3) is 0 Å². The van der Waals surface area contributed by atoms with E-state index in [1.807, 2.05) is 0 Å². The van der Waals surface area contributed by atoms with Crippen molar-refractivity contribution in [2.24, 2.45) is 11.8 Å². The average molecular weight is 303 g/mol. The number of carbonyl (C=O) groups is 2. The maximum Gasteiger partial charge on any atom is 0.394 e. The van der Waals surface area contributed by atoms with Crippen LogP contribution in [0.4, 0.5) is 23.7 Å². The van der Waals surface area contributed by atoms with Crippen molar-refractivity contribution in [3.8, 4) is 0 Å². The number of hydrogen-bond donors (Lipinski definition) is 2. The van der Waals surface area contributed by atoms with Crippen molar-refractivity contribution in [3.63, 3.8) is 0 Å². The highest BCUT2D eigenvalue weighted by Gasteiger charge is 2.53. The van der Waals surface area contributed by atoms with E-state index in [1.165, 1.54) is 18.5 Å². The van der Waals surface area contributed by atoms with Crippen LogP contribution in [0.15, 0.2) is 24.5 Å². The molecule has 2 atom stereocenters. The van der Waals surface area contributed by atoms with Crippen LogP contribution in [-0.2, 0) is 4.79 Å². The maximum absolute atomic E-state index is 12.8. The number of hydrogen-bond acceptors (Lipinski definition) is 3. The van der Waals surface area contributed by atoms with Gasteiger partial charge in [0.25, 0.3) is 0 Å². The molecule has 0 saturated carbocycles. The number of rotatable bonds is 2. The first-order valence-electron chi connectivity index (χ1n) is 6.04. The van der Waals surface area contributed by atoms with Gasteiger partial charge in [0, 0.05) is 19.3 Å². The summed E-state index contributed by atoms with van der Waals surface area (Å²) in [4.78, 5) is 27.4. The number of nitrogens with one attached hydrogen (secondary N) is 1. The first-order valence-corrected chi connectivity index (χ1v) is 6.04. The van der Waals surface area contributed by atoms with E-state index in [0.29, 0.717) is 5.69 Å². The number of pyridine rings is 1. The lowest BCUT2D eigenvalue weighted by Crippen LogP contribution is -2.35. The zero-order chi connectivity index (χ0) is 15.6. The fourth-order valence-corrected chi connectivity index (χ4v) is 2.19. The highest BCUT2D eigenvalue weighted by Crippen LogP contribution is 2.37. The molecule has 0 radical (unpaired) electrons. The van der Waals surface area contributed by atoms with Crippen LogP contribution in [0, 0.1) is 11.8 Å². The molecule has 0 aliphatic carbocycles. The molecule has 6 nitrogen and oxygen atoms in total. The summed E-state index contributed by atoms with van der Waals surface area (Å²) in [5.74, 6) is -5.27. The Morgan fingerprint density at radius 2 is 2.10 bits per heavy atom. The number of aliphatic carboxylic acids is 1. The van der Waals surface area contributed by atoms with Crippen molar-refractivity contribution in [3.05, 3.63) is 24.5 Å². The summed E-state index contributed by atoms with van der Waals surface area (Å²) in [6.45, 7) is -1.15. The van der Waals surface area contributed by atoms with Gasteiger partial charge in [0.05, 0.1) is 23.7 Å². The number of carboxylic acid groups (broad SMARTS) is 1. The standard InChI is InChI=1S/C12H12F3N3O3/c13-12(14,15)9-6-18(5-8(9)10(19)20)11(21)17-7-2-1-3-16-4-7/h1-4,8-9H,5-6H2,(H,17,21)(H,19,20)/t8-,9-/m1/s1. The minimum Gasteiger partial charge on any atom is -0.481 e. The van der Waals surface area contributed by atoms with Crippen LogP contribution in [0.3, 0.4) is 0 Å². The molecule has 1 aliphatic rings. The Morgan fingerprint density at radius 3 is 2.57 bits per heavy atom. The second-order valence-electron chi connectivity index (χ2n) is 4.67. The quantitative estimate of drug-likeness (QED) is 0.873. The van der Waals surface area contributed by atoms with E-state index in [2.05, 4.69) is 10.3 Å². The summed E-state index contributed by atoms with van der Waals surface area (Å²) < 4.78 is 38.4. The molecule has 9 heteroatoms. The molecule has 1 saturated heterocycles. The molecule has 1 fully saturated rings. The second-order valence-corrected chi connectivity index (χ2v) is 4.67. The monoisotopic (exact) mass is 303 g/mol. The topological polar surface area (TPSA) is 82.5 Å². The van der Waals surface area contributed by atoms with Crippen molar-refractivity contribution in [1.82, 2.24) is 9.88 Å². The number of likely N-dealkylation sites (tertiary alicyclic amines) is 1. The number of urea groups is 1. The number of nitrogens with zero attached hydrogens (tertiary/aromatic N) is 2. The molecule has 2 heterocycles. The van der Waals surface area contributed by atoms with Crippen LogP contribution in [-0.4, -0.2) is 46.3 Å². The normalized spacial score (nSPS) is 22.1. The van der Waals surface area contributed by atoms with Gasteiger partial charge in [0.15, 0.2) is 0 Å². The number of aromatic nitrogens is 1. The Kier molecular flexibility index (Phi) is 4.01. The third kappa shape index (κ3) is 3.41. The molecule has 1 aromatic rings. The van der Waals surface area contributed by atoms with E-state index in [0.717, 1.165) is 4.90 Å². The Morgan fingerprint density at radius 1 is 1.38 bits per heavy atom. The molecule has 2 amide bonds. The molecule has 2 rings (SSSR count). The van der Waals surface area contributed by atoms with Crippen LogP contribution < -0.4 is 5.32 Å². The Hall–Kier alpha value is -2.32. The van der Waals surface area contributed by atoms with Gasteiger partial charge in [0.1, 0.15) is 0 Å². The van der Waals surface area contributed by atoms with Gasteiger partial charge >= 0.3 is 18.2 Å². The van der Waals surface area contributed by atoms with Gasteiger partial charge < -0.3 is 15.3 Å². The number of carboxylic acids is 1. The second kappa shape index (κ2) is 5.58. The largest absolute Gasteiger partial charge is 0.481 e. The Labute approximate surface area is 117 Å². The van der Waals surface area contributed by atoms with Gasteiger partial charge in [-0.05, 0) is 12.1 Å². The predicted molar refractivity (Wildman–Crippen MR) is 65.5 cm³/mol. The molecule has 114 valence electrons. The first-order chi connectivity index (χ1) is 9.79. The van der Waals surface area contributed by atoms with Gasteiger partial charge in [-0.25, -0.2) is 4.79 Å². The van der Waals surface area contributed by atoms with Crippen molar-refractivity contribution in [1.29, 1.82) is 0 Å².